The molecule has 3 aromatic carbocycles. The van der Waals surface area contributed by atoms with Crippen LogP contribution in [-0.2, 0) is 25.9 Å². The molecule has 176 valence electrons. The molecule has 0 saturated carbocycles. The van der Waals surface area contributed by atoms with E-state index in [1.807, 2.05) is 6.92 Å². The maximum atomic E-state index is 13.8. The van der Waals surface area contributed by atoms with Crippen LogP contribution in [0.2, 0.25) is 0 Å². The van der Waals surface area contributed by atoms with E-state index in [9.17, 15) is 22.4 Å². The van der Waals surface area contributed by atoms with Gasteiger partial charge in [0, 0.05) is 6.61 Å². The molecular formula is C25H22FNO6S. The maximum Gasteiger partial charge on any atom is 0.338 e. The Morgan fingerprint density at radius 3 is 2.53 bits per heavy atom. The van der Waals surface area contributed by atoms with E-state index in [4.69, 9.17) is 9.47 Å². The van der Waals surface area contributed by atoms with Gasteiger partial charge >= 0.3 is 5.97 Å². The number of benzene rings is 3. The Labute approximate surface area is 196 Å². The minimum atomic E-state index is -4.08. The third-order valence-corrected chi connectivity index (χ3v) is 7.18. The molecule has 1 amide bonds. The van der Waals surface area contributed by atoms with E-state index >= 15 is 0 Å². The van der Waals surface area contributed by atoms with Gasteiger partial charge in [-0.1, -0.05) is 24.3 Å². The van der Waals surface area contributed by atoms with E-state index in [-0.39, 0.29) is 46.4 Å². The normalized spacial score (nSPS) is 14.2. The molecule has 0 bridgehead atoms. The average Bonchev–Trinajstić information content (AvgIpc) is 2.90. The van der Waals surface area contributed by atoms with Crippen LogP contribution < -0.4 is 4.90 Å². The number of carbonyl (C=O) groups is 2. The fourth-order valence-electron chi connectivity index (χ4n) is 3.73. The highest BCUT2D eigenvalue weighted by molar-refractivity contribution is 7.91. The second-order valence-corrected chi connectivity index (χ2v) is 9.42. The molecule has 0 saturated heterocycles. The van der Waals surface area contributed by atoms with Crippen molar-refractivity contribution in [2.75, 3.05) is 24.7 Å². The van der Waals surface area contributed by atoms with Gasteiger partial charge in [0.15, 0.2) is 0 Å². The summed E-state index contributed by atoms with van der Waals surface area (Å²) in [4.78, 5) is 27.1. The summed E-state index contributed by atoms with van der Waals surface area (Å²) in [6.45, 7) is 2.44. The molecule has 1 heterocycles. The molecule has 34 heavy (non-hydrogen) atoms. The molecule has 4 rings (SSSR count). The monoisotopic (exact) mass is 483 g/mol. The summed E-state index contributed by atoms with van der Waals surface area (Å²) in [6, 6.07) is 15.5. The molecule has 0 aromatic heterocycles. The third kappa shape index (κ3) is 4.57. The molecule has 0 atom stereocenters. The van der Waals surface area contributed by atoms with E-state index in [2.05, 4.69) is 0 Å². The van der Waals surface area contributed by atoms with E-state index in [1.54, 1.807) is 12.1 Å². The van der Waals surface area contributed by atoms with E-state index in [0.717, 1.165) is 0 Å². The summed E-state index contributed by atoms with van der Waals surface area (Å²) in [5.74, 6) is -1.75. The van der Waals surface area contributed by atoms with Crippen molar-refractivity contribution in [2.24, 2.45) is 0 Å². The fourth-order valence-corrected chi connectivity index (χ4v) is 5.36. The molecule has 0 radical (unpaired) electrons. The number of anilines is 1. The molecule has 1 aliphatic heterocycles. The van der Waals surface area contributed by atoms with Crippen LogP contribution in [0.15, 0.2) is 76.5 Å². The molecule has 7 nitrogen and oxygen atoms in total. The molecule has 0 fully saturated rings. The highest BCUT2D eigenvalue weighted by Crippen LogP contribution is 2.38. The molecule has 0 spiro atoms. The second kappa shape index (κ2) is 9.74. The van der Waals surface area contributed by atoms with Crippen molar-refractivity contribution < 1.29 is 31.9 Å². The Kier molecular flexibility index (Phi) is 6.76. The lowest BCUT2D eigenvalue weighted by Crippen LogP contribution is -2.30. The van der Waals surface area contributed by atoms with Gasteiger partial charge in [-0.25, -0.2) is 17.6 Å². The molecular weight excluding hydrogens is 461 g/mol. The smallest absolute Gasteiger partial charge is 0.338 e. The SMILES string of the molecule is CCOCCOC(=O)c1ccc2c(c1)N(Cc1cccc(F)c1)C(=O)c1ccccc1S2(=O)=O. The van der Waals surface area contributed by atoms with Crippen molar-refractivity contribution in [1.82, 2.24) is 0 Å². The lowest BCUT2D eigenvalue weighted by molar-refractivity contribution is 0.0335. The Morgan fingerprint density at radius 2 is 1.76 bits per heavy atom. The second-order valence-electron chi connectivity index (χ2n) is 7.54. The highest BCUT2D eigenvalue weighted by atomic mass is 32.2. The number of nitrogens with zero attached hydrogens (tertiary/aromatic N) is 1. The van der Waals surface area contributed by atoms with Crippen LogP contribution in [0.3, 0.4) is 0 Å². The standard InChI is InChI=1S/C25H22FNO6S/c1-2-32-12-13-33-25(29)18-10-11-23-21(15-18)27(16-17-6-5-7-19(26)14-17)24(28)20-8-3-4-9-22(20)34(23,30)31/h3-11,14-15H,2,12-13,16H2,1H3. The number of esters is 1. The number of halogens is 1. The molecule has 0 N–H and O–H groups in total. The summed E-state index contributed by atoms with van der Waals surface area (Å²) in [5.41, 5.74) is 0.551. The van der Waals surface area contributed by atoms with Crippen LogP contribution >= 0.6 is 0 Å². The van der Waals surface area contributed by atoms with Gasteiger partial charge in [-0.05, 0) is 55.0 Å². The average molecular weight is 484 g/mol. The van der Waals surface area contributed by atoms with Crippen molar-refractivity contribution in [3.63, 3.8) is 0 Å². The minimum absolute atomic E-state index is 0.00376. The number of rotatable bonds is 7. The van der Waals surface area contributed by atoms with Crippen LogP contribution in [-0.4, -0.2) is 40.1 Å². The predicted octanol–water partition coefficient (Wildman–Crippen LogP) is 4.01. The van der Waals surface area contributed by atoms with E-state index in [1.165, 1.54) is 59.5 Å². The van der Waals surface area contributed by atoms with Crippen molar-refractivity contribution in [2.45, 2.75) is 23.3 Å². The predicted molar refractivity (Wildman–Crippen MR) is 122 cm³/mol. The van der Waals surface area contributed by atoms with Crippen molar-refractivity contribution in [3.05, 3.63) is 89.2 Å². The van der Waals surface area contributed by atoms with Gasteiger partial charge in [0.2, 0.25) is 9.84 Å². The highest BCUT2D eigenvalue weighted by Gasteiger charge is 2.36. The summed E-state index contributed by atoms with van der Waals surface area (Å²) in [6.07, 6.45) is 0. The van der Waals surface area contributed by atoms with Gasteiger partial charge in [-0.3, -0.25) is 4.79 Å². The molecule has 0 aliphatic carbocycles. The molecule has 9 heteroatoms. The summed E-state index contributed by atoms with van der Waals surface area (Å²) < 4.78 is 51.1. The Balaban J connectivity index is 1.82. The van der Waals surface area contributed by atoms with Gasteiger partial charge in [0.1, 0.15) is 12.4 Å². The topological polar surface area (TPSA) is 90.0 Å². The fraction of sp³-hybridized carbons (Fsp3) is 0.200. The maximum absolute atomic E-state index is 13.8. The molecule has 0 unspecified atom stereocenters. The molecule has 1 aliphatic rings. The zero-order valence-corrected chi connectivity index (χ0v) is 19.2. The quantitative estimate of drug-likeness (QED) is 0.373. The van der Waals surface area contributed by atoms with E-state index < -0.39 is 27.5 Å². The van der Waals surface area contributed by atoms with Crippen LogP contribution in [0.1, 0.15) is 33.2 Å². The largest absolute Gasteiger partial charge is 0.460 e. The lowest BCUT2D eigenvalue weighted by Gasteiger charge is -2.23. The number of carbonyl (C=O) groups excluding carboxylic acids is 2. The van der Waals surface area contributed by atoms with Gasteiger partial charge in [0.25, 0.3) is 5.91 Å². The number of hydrogen-bond donors (Lipinski definition) is 0. The van der Waals surface area contributed by atoms with E-state index in [0.29, 0.717) is 12.2 Å². The minimum Gasteiger partial charge on any atom is -0.460 e. The van der Waals surface area contributed by atoms with Gasteiger partial charge < -0.3 is 14.4 Å². The summed E-state index contributed by atoms with van der Waals surface area (Å²) in [5, 5.41) is 0. The zero-order chi connectivity index (χ0) is 24.3. The van der Waals surface area contributed by atoms with Crippen LogP contribution in [0.5, 0.6) is 0 Å². The number of hydrogen-bond acceptors (Lipinski definition) is 6. The first-order valence-corrected chi connectivity index (χ1v) is 12.1. The van der Waals surface area contributed by atoms with Gasteiger partial charge in [0.05, 0.1) is 39.8 Å². The Bertz CT molecular complexity index is 1360. The van der Waals surface area contributed by atoms with Crippen molar-refractivity contribution in [1.29, 1.82) is 0 Å². The van der Waals surface area contributed by atoms with Crippen molar-refractivity contribution in [3.8, 4) is 0 Å². The third-order valence-electron chi connectivity index (χ3n) is 5.32. The van der Waals surface area contributed by atoms with Gasteiger partial charge in [-0.2, -0.15) is 0 Å². The number of ether oxygens (including phenoxy) is 2. The first-order chi connectivity index (χ1) is 16.3. The first kappa shape index (κ1) is 23.6. The number of sulfone groups is 1. The first-order valence-electron chi connectivity index (χ1n) is 10.6. The van der Waals surface area contributed by atoms with Crippen LogP contribution in [0.4, 0.5) is 10.1 Å². The van der Waals surface area contributed by atoms with Gasteiger partial charge in [-0.15, -0.1) is 0 Å². The number of amides is 1. The Hall–Kier alpha value is -3.56. The lowest BCUT2D eigenvalue weighted by atomic mass is 10.1. The van der Waals surface area contributed by atoms with Crippen LogP contribution in [0, 0.1) is 5.82 Å². The van der Waals surface area contributed by atoms with Crippen LogP contribution in [0.25, 0.3) is 0 Å². The summed E-state index contributed by atoms with van der Waals surface area (Å²) >= 11 is 0. The number of fused-ring (bicyclic) bond motifs is 2. The van der Waals surface area contributed by atoms with Crippen molar-refractivity contribution >= 4 is 27.4 Å². The Morgan fingerprint density at radius 1 is 0.971 bits per heavy atom. The molecule has 3 aromatic rings. The zero-order valence-electron chi connectivity index (χ0n) is 18.4. The summed E-state index contributed by atoms with van der Waals surface area (Å²) in [7, 11) is -4.08.